The molecule has 0 spiro atoms. The summed E-state index contributed by atoms with van der Waals surface area (Å²) in [5.41, 5.74) is 0.715. The van der Waals surface area contributed by atoms with Gasteiger partial charge in [0.15, 0.2) is 0 Å². The lowest BCUT2D eigenvalue weighted by Crippen LogP contribution is -2.29. The second-order valence-electron chi connectivity index (χ2n) is 6.32. The zero-order valence-corrected chi connectivity index (χ0v) is 14.3. The maximum Gasteiger partial charge on any atom is 0.131 e. The molecule has 0 amide bonds. The molecular formula is C19H18F2N2OS. The van der Waals surface area contributed by atoms with E-state index < -0.39 is 17.7 Å². The van der Waals surface area contributed by atoms with Gasteiger partial charge in [-0.3, -0.25) is 4.90 Å². The van der Waals surface area contributed by atoms with Gasteiger partial charge in [0.05, 0.1) is 27.9 Å². The molecule has 4 rings (SSSR count). The highest BCUT2D eigenvalue weighted by molar-refractivity contribution is 7.18. The SMILES string of the molecule is OC(CN1CCCC1c1nc2ccccc2s1)c1c(F)cccc1F. The number of aliphatic hydroxyl groups is 1. The highest BCUT2D eigenvalue weighted by atomic mass is 32.1. The molecule has 3 aromatic rings. The summed E-state index contributed by atoms with van der Waals surface area (Å²) in [7, 11) is 0. The zero-order chi connectivity index (χ0) is 17.4. The molecule has 130 valence electrons. The first-order valence-corrected chi connectivity index (χ1v) is 9.16. The second-order valence-corrected chi connectivity index (χ2v) is 7.39. The summed E-state index contributed by atoms with van der Waals surface area (Å²) in [6.45, 7) is 0.978. The van der Waals surface area contributed by atoms with E-state index in [9.17, 15) is 13.9 Å². The van der Waals surface area contributed by atoms with Crippen LogP contribution in [0.1, 0.15) is 35.6 Å². The molecule has 0 saturated carbocycles. The number of aromatic nitrogens is 1. The Kier molecular flexibility index (Phi) is 4.50. The molecule has 1 saturated heterocycles. The Morgan fingerprint density at radius 2 is 1.92 bits per heavy atom. The van der Waals surface area contributed by atoms with Gasteiger partial charge in [-0.25, -0.2) is 13.8 Å². The summed E-state index contributed by atoms with van der Waals surface area (Å²) >= 11 is 1.64. The number of benzene rings is 2. The summed E-state index contributed by atoms with van der Waals surface area (Å²) in [4.78, 5) is 6.78. The number of thiazole rings is 1. The molecule has 2 heterocycles. The first-order valence-electron chi connectivity index (χ1n) is 8.35. The molecule has 1 aliphatic heterocycles. The van der Waals surface area contributed by atoms with Gasteiger partial charge in [0.25, 0.3) is 0 Å². The summed E-state index contributed by atoms with van der Waals surface area (Å²) < 4.78 is 28.9. The molecule has 3 nitrogen and oxygen atoms in total. The first-order chi connectivity index (χ1) is 12.1. The Labute approximate surface area is 148 Å². The average molecular weight is 360 g/mol. The molecule has 2 atom stereocenters. The number of rotatable bonds is 4. The van der Waals surface area contributed by atoms with Crippen LogP contribution in [0.15, 0.2) is 42.5 Å². The van der Waals surface area contributed by atoms with Crippen molar-refractivity contribution in [2.24, 2.45) is 0 Å². The maximum absolute atomic E-state index is 13.9. The van der Waals surface area contributed by atoms with Crippen LogP contribution >= 0.6 is 11.3 Å². The average Bonchev–Trinajstić information content (AvgIpc) is 3.20. The lowest BCUT2D eigenvalue weighted by Gasteiger charge is -2.25. The van der Waals surface area contributed by atoms with Crippen LogP contribution in [0.4, 0.5) is 8.78 Å². The normalized spacial score (nSPS) is 19.6. The van der Waals surface area contributed by atoms with Crippen LogP contribution < -0.4 is 0 Å². The highest BCUT2D eigenvalue weighted by Crippen LogP contribution is 2.37. The predicted octanol–water partition coefficient (Wildman–Crippen LogP) is 4.45. The monoisotopic (exact) mass is 360 g/mol. The van der Waals surface area contributed by atoms with Gasteiger partial charge in [-0.2, -0.15) is 0 Å². The number of halogens is 2. The van der Waals surface area contributed by atoms with Gasteiger partial charge in [-0.1, -0.05) is 18.2 Å². The molecule has 2 unspecified atom stereocenters. The van der Waals surface area contributed by atoms with Crippen LogP contribution in [-0.4, -0.2) is 28.1 Å². The Hall–Kier alpha value is -1.89. The van der Waals surface area contributed by atoms with E-state index in [0.29, 0.717) is 0 Å². The fourth-order valence-corrected chi connectivity index (χ4v) is 4.64. The van der Waals surface area contributed by atoms with Crippen molar-refractivity contribution in [2.45, 2.75) is 25.0 Å². The van der Waals surface area contributed by atoms with Crippen molar-refractivity contribution in [3.63, 3.8) is 0 Å². The number of fused-ring (bicyclic) bond motifs is 1. The van der Waals surface area contributed by atoms with Crippen molar-refractivity contribution in [3.8, 4) is 0 Å². The van der Waals surface area contributed by atoms with Crippen LogP contribution in [-0.2, 0) is 0 Å². The Bertz CT molecular complexity index is 845. The van der Waals surface area contributed by atoms with E-state index in [-0.39, 0.29) is 18.2 Å². The summed E-state index contributed by atoms with van der Waals surface area (Å²) in [5, 5.41) is 11.4. The minimum Gasteiger partial charge on any atom is -0.387 e. The van der Waals surface area contributed by atoms with Gasteiger partial charge in [0.2, 0.25) is 0 Å². The molecule has 1 aliphatic rings. The lowest BCUT2D eigenvalue weighted by atomic mass is 10.1. The van der Waals surface area contributed by atoms with Crippen molar-refractivity contribution in [2.75, 3.05) is 13.1 Å². The third-order valence-corrected chi connectivity index (χ3v) is 5.84. The van der Waals surface area contributed by atoms with Crippen molar-refractivity contribution < 1.29 is 13.9 Å². The van der Waals surface area contributed by atoms with Gasteiger partial charge in [-0.05, 0) is 43.7 Å². The molecule has 6 heteroatoms. The van der Waals surface area contributed by atoms with E-state index in [1.807, 2.05) is 24.3 Å². The van der Waals surface area contributed by atoms with E-state index in [0.717, 1.165) is 34.6 Å². The van der Waals surface area contributed by atoms with Gasteiger partial charge >= 0.3 is 0 Å². The molecule has 1 N–H and O–H groups in total. The third-order valence-electron chi connectivity index (χ3n) is 4.70. The minimum absolute atomic E-state index is 0.0851. The Morgan fingerprint density at radius 3 is 2.68 bits per heavy atom. The summed E-state index contributed by atoms with van der Waals surface area (Å²) in [6, 6.07) is 11.7. The number of hydrogen-bond acceptors (Lipinski definition) is 4. The Balaban J connectivity index is 1.57. The summed E-state index contributed by atoms with van der Waals surface area (Å²) in [6.07, 6.45) is 0.718. The van der Waals surface area contributed by atoms with E-state index in [4.69, 9.17) is 4.98 Å². The van der Waals surface area contributed by atoms with E-state index in [2.05, 4.69) is 4.90 Å². The maximum atomic E-state index is 13.9. The predicted molar refractivity (Wildman–Crippen MR) is 94.5 cm³/mol. The van der Waals surface area contributed by atoms with Gasteiger partial charge in [0.1, 0.15) is 16.6 Å². The van der Waals surface area contributed by atoms with Crippen LogP contribution in [0.25, 0.3) is 10.2 Å². The zero-order valence-electron chi connectivity index (χ0n) is 13.5. The van der Waals surface area contributed by atoms with Crippen molar-refractivity contribution in [1.29, 1.82) is 0 Å². The van der Waals surface area contributed by atoms with E-state index >= 15 is 0 Å². The van der Waals surface area contributed by atoms with Crippen molar-refractivity contribution >= 4 is 21.6 Å². The van der Waals surface area contributed by atoms with Gasteiger partial charge in [0, 0.05) is 6.54 Å². The molecule has 25 heavy (non-hydrogen) atoms. The first kappa shape index (κ1) is 16.6. The van der Waals surface area contributed by atoms with Crippen LogP contribution in [0, 0.1) is 11.6 Å². The van der Waals surface area contributed by atoms with Crippen LogP contribution in [0.5, 0.6) is 0 Å². The van der Waals surface area contributed by atoms with E-state index in [1.165, 1.54) is 18.2 Å². The molecular weight excluding hydrogens is 342 g/mol. The number of hydrogen-bond donors (Lipinski definition) is 1. The fraction of sp³-hybridized carbons (Fsp3) is 0.316. The smallest absolute Gasteiger partial charge is 0.131 e. The van der Waals surface area contributed by atoms with Gasteiger partial charge in [-0.15, -0.1) is 11.3 Å². The fourth-order valence-electron chi connectivity index (χ4n) is 3.50. The van der Waals surface area contributed by atoms with Crippen molar-refractivity contribution in [1.82, 2.24) is 9.88 Å². The van der Waals surface area contributed by atoms with Crippen LogP contribution in [0.3, 0.4) is 0 Å². The quantitative estimate of drug-likeness (QED) is 0.747. The molecule has 1 fully saturated rings. The highest BCUT2D eigenvalue weighted by Gasteiger charge is 2.31. The Morgan fingerprint density at radius 1 is 1.16 bits per heavy atom. The second kappa shape index (κ2) is 6.78. The third kappa shape index (κ3) is 3.17. The largest absolute Gasteiger partial charge is 0.387 e. The molecule has 0 radical (unpaired) electrons. The molecule has 1 aromatic heterocycles. The minimum atomic E-state index is -1.20. The number of para-hydroxylation sites is 1. The molecule has 0 bridgehead atoms. The number of likely N-dealkylation sites (tertiary alicyclic amines) is 1. The standard InChI is InChI=1S/C19H18F2N2OS/c20-12-5-3-6-13(21)18(12)16(24)11-23-10-4-8-15(23)19-22-14-7-1-2-9-17(14)25-19/h1-3,5-7,9,15-16,24H,4,8,10-11H2. The molecule has 2 aromatic carbocycles. The number of β-amino-alcohol motifs (C(OH)–C–C–N with tert-alkyl or cyclic N) is 1. The molecule has 0 aliphatic carbocycles. The number of nitrogens with zero attached hydrogens (tertiary/aromatic N) is 2. The topological polar surface area (TPSA) is 36.4 Å². The number of aliphatic hydroxyl groups excluding tert-OH is 1. The summed E-state index contributed by atoms with van der Waals surface area (Å²) in [5.74, 6) is -1.41. The van der Waals surface area contributed by atoms with Crippen LogP contribution in [0.2, 0.25) is 0 Å². The van der Waals surface area contributed by atoms with Crippen molar-refractivity contribution in [3.05, 3.63) is 64.7 Å². The van der Waals surface area contributed by atoms with E-state index in [1.54, 1.807) is 11.3 Å². The lowest BCUT2D eigenvalue weighted by molar-refractivity contribution is 0.100. The van der Waals surface area contributed by atoms with Gasteiger partial charge < -0.3 is 5.11 Å².